The SMILES string of the molecule is CC(C)(C)[S@@+]([O-])N[C@@H]1C[C@H](O[Si](C)(C)C(C)(C)C)CC12CCN(C(=O)O)CC2. The highest BCUT2D eigenvalue weighted by atomic mass is 32.2. The first-order valence-corrected chi connectivity index (χ1v) is 14.5. The largest absolute Gasteiger partial charge is 0.598 e. The van der Waals surface area contributed by atoms with Crippen molar-refractivity contribution >= 4 is 25.8 Å². The van der Waals surface area contributed by atoms with Crippen molar-refractivity contribution in [3.05, 3.63) is 0 Å². The van der Waals surface area contributed by atoms with Gasteiger partial charge in [-0.2, -0.15) is 0 Å². The lowest BCUT2D eigenvalue weighted by atomic mass is 9.74. The number of carboxylic acid groups (broad SMARTS) is 1. The summed E-state index contributed by atoms with van der Waals surface area (Å²) in [5.41, 5.74) is -0.0418. The Morgan fingerprint density at radius 3 is 2.18 bits per heavy atom. The monoisotopic (exact) mass is 432 g/mol. The van der Waals surface area contributed by atoms with Crippen LogP contribution >= 0.6 is 0 Å². The molecule has 2 fully saturated rings. The molecule has 2 rings (SSSR count). The van der Waals surface area contributed by atoms with Crippen molar-refractivity contribution in [3.63, 3.8) is 0 Å². The molecule has 0 bridgehead atoms. The van der Waals surface area contributed by atoms with Crippen molar-refractivity contribution in [2.75, 3.05) is 13.1 Å². The smallest absolute Gasteiger partial charge is 0.407 e. The van der Waals surface area contributed by atoms with E-state index in [1.54, 1.807) is 0 Å². The quantitative estimate of drug-likeness (QED) is 0.509. The maximum atomic E-state index is 12.8. The van der Waals surface area contributed by atoms with Gasteiger partial charge in [-0.05, 0) is 70.0 Å². The molecule has 0 aromatic heterocycles. The van der Waals surface area contributed by atoms with Gasteiger partial charge in [0.25, 0.3) is 0 Å². The highest BCUT2D eigenvalue weighted by Gasteiger charge is 2.53. The predicted molar refractivity (Wildman–Crippen MR) is 117 cm³/mol. The standard InChI is InChI=1S/C20H40N2O4SSi/c1-18(2,3)27(25)21-16-13-15(26-28(7,8)19(4,5)6)14-20(16)9-11-22(12-10-20)17(23)24/h15-16,21H,9-14H2,1-8H3,(H,23,24)/t15-,16+,27+/m0/s1. The van der Waals surface area contributed by atoms with Crippen molar-refractivity contribution in [2.24, 2.45) is 5.41 Å². The van der Waals surface area contributed by atoms with E-state index >= 15 is 0 Å². The first-order valence-electron chi connectivity index (χ1n) is 10.4. The van der Waals surface area contributed by atoms with Gasteiger partial charge in [0.2, 0.25) is 0 Å². The molecule has 0 radical (unpaired) electrons. The third-order valence-corrected chi connectivity index (χ3v) is 13.1. The summed E-state index contributed by atoms with van der Waals surface area (Å²) in [5, 5.41) is 9.47. The van der Waals surface area contributed by atoms with E-state index in [1.807, 2.05) is 20.8 Å². The van der Waals surface area contributed by atoms with E-state index in [0.29, 0.717) is 13.1 Å². The fourth-order valence-electron chi connectivity index (χ4n) is 4.05. The Labute approximate surface area is 175 Å². The van der Waals surface area contributed by atoms with E-state index in [2.05, 4.69) is 38.6 Å². The Morgan fingerprint density at radius 1 is 1.21 bits per heavy atom. The lowest BCUT2D eigenvalue weighted by molar-refractivity contribution is 0.0730. The molecular weight excluding hydrogens is 392 g/mol. The van der Waals surface area contributed by atoms with Crippen LogP contribution in [0.1, 0.15) is 67.2 Å². The molecule has 3 atom stereocenters. The Morgan fingerprint density at radius 2 is 1.75 bits per heavy atom. The van der Waals surface area contributed by atoms with Gasteiger partial charge in [-0.3, -0.25) is 0 Å². The molecule has 0 aromatic rings. The zero-order chi connectivity index (χ0) is 21.5. The molecule has 1 aliphatic carbocycles. The van der Waals surface area contributed by atoms with Gasteiger partial charge in [-0.25, -0.2) is 4.79 Å². The van der Waals surface area contributed by atoms with Crippen molar-refractivity contribution in [2.45, 2.75) is 102 Å². The minimum Gasteiger partial charge on any atom is -0.598 e. The van der Waals surface area contributed by atoms with Crippen LogP contribution in [0.3, 0.4) is 0 Å². The molecule has 164 valence electrons. The number of likely N-dealkylation sites (tertiary alicyclic amines) is 1. The van der Waals surface area contributed by atoms with Gasteiger partial charge in [-0.1, -0.05) is 20.8 Å². The van der Waals surface area contributed by atoms with Crippen molar-refractivity contribution < 1.29 is 18.9 Å². The van der Waals surface area contributed by atoms with E-state index in [4.69, 9.17) is 4.43 Å². The van der Waals surface area contributed by atoms with Crippen LogP contribution in [0.15, 0.2) is 0 Å². The van der Waals surface area contributed by atoms with Gasteiger partial charge in [-0.15, -0.1) is 4.72 Å². The molecule has 1 spiro atoms. The van der Waals surface area contributed by atoms with Crippen LogP contribution in [-0.2, 0) is 15.8 Å². The molecule has 8 heteroatoms. The Balaban J connectivity index is 2.19. The second kappa shape index (κ2) is 8.10. The summed E-state index contributed by atoms with van der Waals surface area (Å²) < 4.78 is 22.7. The number of hydrogen-bond donors (Lipinski definition) is 2. The van der Waals surface area contributed by atoms with Crippen LogP contribution < -0.4 is 4.72 Å². The van der Waals surface area contributed by atoms with Crippen LogP contribution in [-0.4, -0.2) is 59.0 Å². The molecule has 2 aliphatic rings. The normalized spacial score (nSPS) is 27.2. The zero-order valence-corrected chi connectivity index (χ0v) is 20.7. The van der Waals surface area contributed by atoms with Crippen LogP contribution in [0.4, 0.5) is 4.79 Å². The average molecular weight is 433 g/mol. The Bertz CT molecular complexity index is 566. The summed E-state index contributed by atoms with van der Waals surface area (Å²) in [4.78, 5) is 12.9. The number of rotatable bonds is 4. The van der Waals surface area contributed by atoms with Crippen molar-refractivity contribution in [1.82, 2.24) is 9.62 Å². The number of nitrogens with one attached hydrogen (secondary N) is 1. The highest BCUT2D eigenvalue weighted by Crippen LogP contribution is 2.50. The number of hydrogen-bond acceptors (Lipinski definition) is 4. The van der Waals surface area contributed by atoms with E-state index in [1.165, 1.54) is 4.90 Å². The number of amides is 1. The van der Waals surface area contributed by atoms with Gasteiger partial charge >= 0.3 is 6.09 Å². The fraction of sp³-hybridized carbons (Fsp3) is 0.950. The summed E-state index contributed by atoms with van der Waals surface area (Å²) in [7, 11) is -1.90. The number of carbonyl (C=O) groups is 1. The molecule has 1 saturated heterocycles. The van der Waals surface area contributed by atoms with Gasteiger partial charge in [0, 0.05) is 30.6 Å². The van der Waals surface area contributed by atoms with Crippen LogP contribution in [0, 0.1) is 5.41 Å². The minimum absolute atomic E-state index is 0.0418. The summed E-state index contributed by atoms with van der Waals surface area (Å²) in [6, 6.07) is 0.0956. The van der Waals surface area contributed by atoms with Gasteiger partial charge in [0.1, 0.15) is 4.75 Å². The van der Waals surface area contributed by atoms with Crippen LogP contribution in [0.2, 0.25) is 18.1 Å². The third-order valence-electron chi connectivity index (χ3n) is 6.97. The van der Waals surface area contributed by atoms with Crippen molar-refractivity contribution in [1.29, 1.82) is 0 Å². The Kier molecular flexibility index (Phi) is 6.94. The number of piperidine rings is 1. The average Bonchev–Trinajstić information content (AvgIpc) is 2.81. The summed E-state index contributed by atoms with van der Waals surface area (Å²) in [6.07, 6.45) is 2.68. The molecule has 1 saturated carbocycles. The molecule has 0 aromatic carbocycles. The number of nitrogens with zero attached hydrogens (tertiary/aromatic N) is 1. The molecule has 0 unspecified atom stereocenters. The van der Waals surface area contributed by atoms with E-state index in [-0.39, 0.29) is 27.3 Å². The molecule has 6 nitrogen and oxygen atoms in total. The fourth-order valence-corrected chi connectivity index (χ4v) is 6.37. The summed E-state index contributed by atoms with van der Waals surface area (Å²) in [6.45, 7) is 18.3. The highest BCUT2D eigenvalue weighted by molar-refractivity contribution is 7.90. The van der Waals surface area contributed by atoms with E-state index < -0.39 is 25.8 Å². The van der Waals surface area contributed by atoms with Crippen LogP contribution in [0.5, 0.6) is 0 Å². The Hall–Kier alpha value is -0.283. The molecule has 1 amide bonds. The van der Waals surface area contributed by atoms with Gasteiger partial charge in [0.15, 0.2) is 8.32 Å². The van der Waals surface area contributed by atoms with E-state index in [0.717, 1.165) is 25.7 Å². The second-order valence-electron chi connectivity index (χ2n) is 11.1. The summed E-state index contributed by atoms with van der Waals surface area (Å²) >= 11 is -1.15. The molecular formula is C20H40N2O4SSi. The minimum atomic E-state index is -1.90. The molecule has 2 N–H and O–H groups in total. The predicted octanol–water partition coefficient (Wildman–Crippen LogP) is 4.35. The third kappa shape index (κ3) is 5.25. The molecule has 1 aliphatic heterocycles. The topological polar surface area (TPSA) is 84.9 Å². The maximum absolute atomic E-state index is 12.8. The van der Waals surface area contributed by atoms with Gasteiger partial charge < -0.3 is 19.0 Å². The lowest BCUT2D eigenvalue weighted by Gasteiger charge is -2.43. The van der Waals surface area contributed by atoms with Crippen molar-refractivity contribution in [3.8, 4) is 0 Å². The van der Waals surface area contributed by atoms with E-state index in [9.17, 15) is 14.5 Å². The zero-order valence-electron chi connectivity index (χ0n) is 18.9. The molecule has 28 heavy (non-hydrogen) atoms. The maximum Gasteiger partial charge on any atom is 0.407 e. The van der Waals surface area contributed by atoms with Gasteiger partial charge in [0.05, 0.1) is 6.04 Å². The molecule has 1 heterocycles. The van der Waals surface area contributed by atoms with Crippen LogP contribution in [0.25, 0.3) is 0 Å². The first-order chi connectivity index (χ1) is 12.6. The lowest BCUT2D eigenvalue weighted by Crippen LogP contribution is -2.53. The summed E-state index contributed by atoms with van der Waals surface area (Å²) in [5.74, 6) is 0. The first kappa shape index (κ1) is 24.0. The second-order valence-corrected chi connectivity index (χ2v) is 17.9.